The molecular weight excluding hydrogens is 274 g/mol. The Labute approximate surface area is 119 Å². The number of sulfonamides is 1. The lowest BCUT2D eigenvalue weighted by Gasteiger charge is -2.14. The van der Waals surface area contributed by atoms with Crippen molar-refractivity contribution in [3.8, 4) is 5.75 Å². The van der Waals surface area contributed by atoms with Gasteiger partial charge in [0.05, 0.1) is 12.0 Å². The molecule has 2 aromatic rings. The lowest BCUT2D eigenvalue weighted by Crippen LogP contribution is -2.26. The zero-order chi connectivity index (χ0) is 14.6. The van der Waals surface area contributed by atoms with E-state index in [1.165, 1.54) is 12.1 Å². The van der Waals surface area contributed by atoms with Crippen molar-refractivity contribution in [3.63, 3.8) is 0 Å². The average Bonchev–Trinajstić information content (AvgIpc) is 2.48. The molecule has 20 heavy (non-hydrogen) atoms. The van der Waals surface area contributed by atoms with Gasteiger partial charge in [-0.15, -0.1) is 0 Å². The molecule has 0 aliphatic heterocycles. The summed E-state index contributed by atoms with van der Waals surface area (Å²) in [7, 11) is -2.00. The molecule has 1 atom stereocenters. The van der Waals surface area contributed by atoms with E-state index in [1.807, 2.05) is 37.3 Å². The summed E-state index contributed by atoms with van der Waals surface area (Å²) >= 11 is 0. The average molecular weight is 291 g/mol. The van der Waals surface area contributed by atoms with E-state index in [9.17, 15) is 8.42 Å². The molecule has 2 rings (SSSR count). The maximum atomic E-state index is 12.3. The van der Waals surface area contributed by atoms with Gasteiger partial charge in [0, 0.05) is 6.04 Å². The molecule has 1 N–H and O–H groups in total. The van der Waals surface area contributed by atoms with Crippen molar-refractivity contribution in [2.24, 2.45) is 0 Å². The molecule has 0 amide bonds. The van der Waals surface area contributed by atoms with E-state index >= 15 is 0 Å². The van der Waals surface area contributed by atoms with E-state index < -0.39 is 10.0 Å². The van der Waals surface area contributed by atoms with Crippen LogP contribution in [0.2, 0.25) is 0 Å². The van der Waals surface area contributed by atoms with Crippen LogP contribution >= 0.6 is 0 Å². The minimum atomic E-state index is -3.54. The predicted octanol–water partition coefficient (Wildman–Crippen LogP) is 2.73. The Balaban J connectivity index is 2.18. The molecule has 0 aliphatic rings. The standard InChI is InChI=1S/C15H17NO3S/c1-12(13-6-4-3-5-7-13)16-20(17,18)15-10-8-14(19-2)9-11-15/h3-12,16H,1-2H3/t12-/m1/s1. The Bertz CT molecular complexity index is 651. The highest BCUT2D eigenvalue weighted by atomic mass is 32.2. The molecule has 4 nitrogen and oxygen atoms in total. The molecule has 5 heteroatoms. The number of ether oxygens (including phenoxy) is 1. The topological polar surface area (TPSA) is 55.4 Å². The fourth-order valence-electron chi connectivity index (χ4n) is 1.87. The van der Waals surface area contributed by atoms with E-state index in [1.54, 1.807) is 19.2 Å². The highest BCUT2D eigenvalue weighted by molar-refractivity contribution is 7.89. The fraction of sp³-hybridized carbons (Fsp3) is 0.200. The Morgan fingerprint density at radius 1 is 1.00 bits per heavy atom. The first-order valence-electron chi connectivity index (χ1n) is 6.24. The van der Waals surface area contributed by atoms with Crippen LogP contribution in [0.1, 0.15) is 18.5 Å². The first kappa shape index (κ1) is 14.6. The molecule has 0 heterocycles. The van der Waals surface area contributed by atoms with Crippen LogP contribution in [0.25, 0.3) is 0 Å². The number of hydrogen-bond acceptors (Lipinski definition) is 3. The van der Waals surface area contributed by atoms with Crippen LogP contribution in [0.3, 0.4) is 0 Å². The monoisotopic (exact) mass is 291 g/mol. The van der Waals surface area contributed by atoms with Gasteiger partial charge in [-0.1, -0.05) is 30.3 Å². The number of rotatable bonds is 5. The van der Waals surface area contributed by atoms with E-state index in [-0.39, 0.29) is 10.9 Å². The molecule has 0 fully saturated rings. The summed E-state index contributed by atoms with van der Waals surface area (Å²) in [6.45, 7) is 1.82. The smallest absolute Gasteiger partial charge is 0.241 e. The van der Waals surface area contributed by atoms with Gasteiger partial charge in [-0.2, -0.15) is 0 Å². The third-order valence-corrected chi connectivity index (χ3v) is 4.56. The highest BCUT2D eigenvalue weighted by Gasteiger charge is 2.18. The van der Waals surface area contributed by atoms with Crippen molar-refractivity contribution < 1.29 is 13.2 Å². The van der Waals surface area contributed by atoms with Crippen LogP contribution in [-0.2, 0) is 10.0 Å². The van der Waals surface area contributed by atoms with Crippen LogP contribution in [0, 0.1) is 0 Å². The quantitative estimate of drug-likeness (QED) is 0.921. The fourth-order valence-corrected chi connectivity index (χ4v) is 3.10. The number of hydrogen-bond donors (Lipinski definition) is 1. The number of methoxy groups -OCH3 is 1. The first-order chi connectivity index (χ1) is 9.53. The van der Waals surface area contributed by atoms with Gasteiger partial charge in [0.15, 0.2) is 0 Å². The van der Waals surface area contributed by atoms with Gasteiger partial charge in [-0.05, 0) is 36.8 Å². The van der Waals surface area contributed by atoms with Gasteiger partial charge in [-0.25, -0.2) is 13.1 Å². The van der Waals surface area contributed by atoms with Crippen molar-refractivity contribution >= 4 is 10.0 Å². The molecule has 0 bridgehead atoms. The van der Waals surface area contributed by atoms with Crippen molar-refractivity contribution in [1.82, 2.24) is 4.72 Å². The SMILES string of the molecule is COc1ccc(S(=O)(=O)N[C@H](C)c2ccccc2)cc1. The first-order valence-corrected chi connectivity index (χ1v) is 7.72. The van der Waals surface area contributed by atoms with Crippen LogP contribution < -0.4 is 9.46 Å². The lowest BCUT2D eigenvalue weighted by atomic mass is 10.1. The normalized spacial score (nSPS) is 12.9. The second-order valence-electron chi connectivity index (χ2n) is 4.43. The van der Waals surface area contributed by atoms with Crippen LogP contribution in [-0.4, -0.2) is 15.5 Å². The van der Waals surface area contributed by atoms with Crippen LogP contribution in [0.15, 0.2) is 59.5 Å². The molecule has 0 unspecified atom stereocenters. The van der Waals surface area contributed by atoms with E-state index in [0.29, 0.717) is 5.75 Å². The molecule has 0 spiro atoms. The number of nitrogens with one attached hydrogen (secondary N) is 1. The minimum Gasteiger partial charge on any atom is -0.497 e. The summed E-state index contributed by atoms with van der Waals surface area (Å²) in [5.74, 6) is 0.625. The Morgan fingerprint density at radius 2 is 1.60 bits per heavy atom. The molecule has 0 radical (unpaired) electrons. The second-order valence-corrected chi connectivity index (χ2v) is 6.14. The summed E-state index contributed by atoms with van der Waals surface area (Å²) < 4.78 is 32.2. The Morgan fingerprint density at radius 3 is 2.15 bits per heavy atom. The van der Waals surface area contributed by atoms with Crippen LogP contribution in [0.4, 0.5) is 0 Å². The summed E-state index contributed by atoms with van der Waals surface area (Å²) in [6.07, 6.45) is 0. The zero-order valence-electron chi connectivity index (χ0n) is 11.4. The van der Waals surface area contributed by atoms with E-state index in [4.69, 9.17) is 4.74 Å². The van der Waals surface area contributed by atoms with Crippen molar-refractivity contribution in [2.45, 2.75) is 17.9 Å². The number of benzene rings is 2. The van der Waals surface area contributed by atoms with Crippen molar-refractivity contribution in [2.75, 3.05) is 7.11 Å². The highest BCUT2D eigenvalue weighted by Crippen LogP contribution is 2.19. The van der Waals surface area contributed by atoms with Gasteiger partial charge in [0.2, 0.25) is 10.0 Å². The molecule has 2 aromatic carbocycles. The summed E-state index contributed by atoms with van der Waals surface area (Å²) in [4.78, 5) is 0.223. The molecule has 0 saturated heterocycles. The molecule has 106 valence electrons. The molecule has 0 aliphatic carbocycles. The third kappa shape index (κ3) is 3.37. The van der Waals surface area contributed by atoms with Crippen molar-refractivity contribution in [1.29, 1.82) is 0 Å². The van der Waals surface area contributed by atoms with Crippen molar-refractivity contribution in [3.05, 3.63) is 60.2 Å². The summed E-state index contributed by atoms with van der Waals surface area (Å²) in [5.41, 5.74) is 0.921. The van der Waals surface area contributed by atoms with Gasteiger partial charge in [-0.3, -0.25) is 0 Å². The Hall–Kier alpha value is -1.85. The van der Waals surface area contributed by atoms with Gasteiger partial charge in [0.25, 0.3) is 0 Å². The van der Waals surface area contributed by atoms with E-state index in [2.05, 4.69) is 4.72 Å². The maximum absolute atomic E-state index is 12.3. The largest absolute Gasteiger partial charge is 0.497 e. The molecule has 0 aromatic heterocycles. The predicted molar refractivity (Wildman–Crippen MR) is 78.2 cm³/mol. The van der Waals surface area contributed by atoms with E-state index in [0.717, 1.165) is 5.56 Å². The van der Waals surface area contributed by atoms with Crippen LogP contribution in [0.5, 0.6) is 5.75 Å². The molecule has 0 saturated carbocycles. The summed E-state index contributed by atoms with van der Waals surface area (Å²) in [6, 6.07) is 15.5. The van der Waals surface area contributed by atoms with Gasteiger partial charge < -0.3 is 4.74 Å². The summed E-state index contributed by atoms with van der Waals surface area (Å²) in [5, 5.41) is 0. The maximum Gasteiger partial charge on any atom is 0.241 e. The van der Waals surface area contributed by atoms with Gasteiger partial charge >= 0.3 is 0 Å². The third-order valence-electron chi connectivity index (χ3n) is 3.00. The zero-order valence-corrected chi connectivity index (χ0v) is 12.2. The molecular formula is C15H17NO3S. The van der Waals surface area contributed by atoms with Gasteiger partial charge in [0.1, 0.15) is 5.75 Å². The Kier molecular flexibility index (Phi) is 4.42. The lowest BCUT2D eigenvalue weighted by molar-refractivity contribution is 0.414. The minimum absolute atomic E-state index is 0.223. The second kappa shape index (κ2) is 6.07.